The maximum atomic E-state index is 11.5. The van der Waals surface area contributed by atoms with Gasteiger partial charge in [-0.15, -0.1) is 0 Å². The molecule has 3 rings (SSSR count). The van der Waals surface area contributed by atoms with Gasteiger partial charge >= 0.3 is 6.03 Å². The molecule has 1 N–H and O–H groups in total. The molecule has 76 valence electrons. The van der Waals surface area contributed by atoms with Gasteiger partial charge in [0.15, 0.2) is 0 Å². The molecular formula is C10H14N2O2. The Morgan fingerprint density at radius 1 is 1.21 bits per heavy atom. The number of hydrogen-bond donors (Lipinski definition) is 1. The Kier molecular flexibility index (Phi) is 1.25. The molecule has 0 aromatic carbocycles. The van der Waals surface area contributed by atoms with E-state index in [1.807, 2.05) is 0 Å². The predicted octanol–water partition coefficient (Wildman–Crippen LogP) is 0.871. The van der Waals surface area contributed by atoms with Crippen molar-refractivity contribution in [3.8, 4) is 0 Å². The van der Waals surface area contributed by atoms with Crippen molar-refractivity contribution in [2.75, 3.05) is 6.54 Å². The zero-order chi connectivity index (χ0) is 9.97. The summed E-state index contributed by atoms with van der Waals surface area (Å²) in [5, 5.41) is 2.36. The van der Waals surface area contributed by atoms with E-state index >= 15 is 0 Å². The molecule has 3 aliphatic rings. The van der Waals surface area contributed by atoms with Gasteiger partial charge in [-0.3, -0.25) is 10.1 Å². The summed E-state index contributed by atoms with van der Waals surface area (Å²) in [4.78, 5) is 24.4. The third-order valence-corrected chi connectivity index (χ3v) is 4.16. The zero-order valence-electron chi connectivity index (χ0n) is 8.30. The van der Waals surface area contributed by atoms with E-state index in [0.717, 1.165) is 12.8 Å². The van der Waals surface area contributed by atoms with E-state index in [0.29, 0.717) is 5.41 Å². The van der Waals surface area contributed by atoms with E-state index in [1.165, 1.54) is 12.8 Å². The first-order valence-corrected chi connectivity index (χ1v) is 5.19. The second kappa shape index (κ2) is 2.12. The highest BCUT2D eigenvalue weighted by Gasteiger charge is 2.67. The van der Waals surface area contributed by atoms with Crippen molar-refractivity contribution in [1.29, 1.82) is 0 Å². The van der Waals surface area contributed by atoms with Crippen LogP contribution in [-0.4, -0.2) is 28.9 Å². The van der Waals surface area contributed by atoms with Crippen molar-refractivity contribution in [2.45, 2.75) is 38.1 Å². The lowest BCUT2D eigenvalue weighted by Gasteiger charge is -2.31. The van der Waals surface area contributed by atoms with E-state index in [2.05, 4.69) is 12.2 Å². The first-order valence-electron chi connectivity index (χ1n) is 5.19. The largest absolute Gasteiger partial charge is 0.325 e. The summed E-state index contributed by atoms with van der Waals surface area (Å²) in [7, 11) is 0. The van der Waals surface area contributed by atoms with Crippen LogP contribution in [0.3, 0.4) is 0 Å². The van der Waals surface area contributed by atoms with Gasteiger partial charge in [0.1, 0.15) is 6.54 Å². The van der Waals surface area contributed by atoms with Crippen LogP contribution in [0.5, 0.6) is 0 Å². The minimum Gasteiger partial charge on any atom is -0.309 e. The number of carbonyl (C=O) groups excluding carboxylic acids is 2. The smallest absolute Gasteiger partial charge is 0.309 e. The van der Waals surface area contributed by atoms with Crippen molar-refractivity contribution >= 4 is 11.9 Å². The molecule has 1 heterocycles. The van der Waals surface area contributed by atoms with E-state index in [1.54, 1.807) is 4.90 Å². The molecule has 0 aromatic rings. The molecule has 4 heteroatoms. The normalized spacial score (nSPS) is 31.6. The van der Waals surface area contributed by atoms with Crippen LogP contribution < -0.4 is 5.32 Å². The van der Waals surface area contributed by atoms with E-state index in [-0.39, 0.29) is 24.0 Å². The van der Waals surface area contributed by atoms with Crippen LogP contribution in [-0.2, 0) is 4.79 Å². The fourth-order valence-electron chi connectivity index (χ4n) is 2.76. The molecule has 0 spiro atoms. The summed E-state index contributed by atoms with van der Waals surface area (Å²) >= 11 is 0. The van der Waals surface area contributed by atoms with Gasteiger partial charge in [-0.2, -0.15) is 0 Å². The van der Waals surface area contributed by atoms with Gasteiger partial charge in [0.05, 0.1) is 5.54 Å². The highest BCUT2D eigenvalue weighted by Crippen LogP contribution is 2.66. The van der Waals surface area contributed by atoms with Crippen molar-refractivity contribution in [2.24, 2.45) is 5.41 Å². The van der Waals surface area contributed by atoms with E-state index in [9.17, 15) is 9.59 Å². The van der Waals surface area contributed by atoms with Crippen LogP contribution in [0.2, 0.25) is 0 Å². The summed E-state index contributed by atoms with van der Waals surface area (Å²) in [5.41, 5.74) is 0.332. The molecule has 2 aliphatic carbocycles. The number of nitrogens with one attached hydrogen (secondary N) is 1. The minimum atomic E-state index is -0.180. The number of urea groups is 1. The number of amides is 3. The lowest BCUT2D eigenvalue weighted by atomic mass is 9.94. The monoisotopic (exact) mass is 194 g/mol. The third-order valence-electron chi connectivity index (χ3n) is 4.16. The Morgan fingerprint density at radius 3 is 2.21 bits per heavy atom. The Labute approximate surface area is 82.6 Å². The maximum Gasteiger partial charge on any atom is 0.325 e. The van der Waals surface area contributed by atoms with Crippen LogP contribution in [0.25, 0.3) is 0 Å². The molecule has 0 atom stereocenters. The molecule has 3 fully saturated rings. The maximum absolute atomic E-state index is 11.5. The molecule has 2 saturated carbocycles. The molecular weight excluding hydrogens is 180 g/mol. The second-order valence-electron chi connectivity index (χ2n) is 5.03. The van der Waals surface area contributed by atoms with Crippen LogP contribution in [0.4, 0.5) is 4.79 Å². The van der Waals surface area contributed by atoms with Crippen molar-refractivity contribution in [1.82, 2.24) is 10.2 Å². The summed E-state index contributed by atoms with van der Waals surface area (Å²) < 4.78 is 0. The number of carbonyl (C=O) groups is 2. The topological polar surface area (TPSA) is 49.4 Å². The Bertz CT molecular complexity index is 329. The van der Waals surface area contributed by atoms with Crippen molar-refractivity contribution < 1.29 is 9.59 Å². The third kappa shape index (κ3) is 0.837. The fourth-order valence-corrected chi connectivity index (χ4v) is 2.76. The highest BCUT2D eigenvalue weighted by atomic mass is 16.2. The lowest BCUT2D eigenvalue weighted by Crippen LogP contribution is -2.45. The Morgan fingerprint density at radius 2 is 1.86 bits per heavy atom. The molecule has 3 amide bonds. The molecule has 14 heavy (non-hydrogen) atoms. The fraction of sp³-hybridized carbons (Fsp3) is 0.800. The lowest BCUT2D eigenvalue weighted by molar-refractivity contribution is -0.118. The molecule has 4 nitrogen and oxygen atoms in total. The first-order chi connectivity index (χ1) is 6.57. The van der Waals surface area contributed by atoms with Crippen LogP contribution >= 0.6 is 0 Å². The summed E-state index contributed by atoms with van der Waals surface area (Å²) in [5.74, 6) is -0.148. The molecule has 0 aromatic heterocycles. The Balaban J connectivity index is 1.89. The van der Waals surface area contributed by atoms with Gasteiger partial charge in [-0.1, -0.05) is 6.92 Å². The zero-order valence-corrected chi connectivity index (χ0v) is 8.30. The van der Waals surface area contributed by atoms with Crippen LogP contribution in [0.1, 0.15) is 32.6 Å². The van der Waals surface area contributed by atoms with Gasteiger partial charge in [-0.05, 0) is 31.1 Å². The molecule has 0 unspecified atom stereocenters. The Hall–Kier alpha value is -1.06. The molecule has 0 bridgehead atoms. The number of imide groups is 1. The summed E-state index contributed by atoms with van der Waals surface area (Å²) in [6, 6.07) is -0.180. The van der Waals surface area contributed by atoms with Gasteiger partial charge in [0.2, 0.25) is 5.91 Å². The first kappa shape index (κ1) is 8.26. The van der Waals surface area contributed by atoms with Gasteiger partial charge < -0.3 is 4.90 Å². The second-order valence-corrected chi connectivity index (χ2v) is 5.03. The standard InChI is InChI=1S/C10H14N2O2/c1-9(2-3-9)10(4-5-10)12-6-7(13)11-8(12)14/h2-6H2,1H3,(H,11,13,14). The van der Waals surface area contributed by atoms with Gasteiger partial charge in [-0.25, -0.2) is 4.79 Å². The highest BCUT2D eigenvalue weighted by molar-refractivity contribution is 6.02. The summed E-state index contributed by atoms with van der Waals surface area (Å²) in [6.07, 6.45) is 4.55. The number of nitrogens with zero attached hydrogens (tertiary/aromatic N) is 1. The van der Waals surface area contributed by atoms with Crippen molar-refractivity contribution in [3.63, 3.8) is 0 Å². The molecule has 1 saturated heterocycles. The van der Waals surface area contributed by atoms with Crippen LogP contribution in [0, 0.1) is 5.41 Å². The SMILES string of the molecule is CC1(C2(N3CC(=O)NC3=O)CC2)CC1. The number of hydrogen-bond acceptors (Lipinski definition) is 2. The van der Waals surface area contributed by atoms with Gasteiger partial charge in [0.25, 0.3) is 0 Å². The summed E-state index contributed by atoms with van der Waals surface area (Å²) in [6.45, 7) is 2.50. The average molecular weight is 194 g/mol. The molecule has 0 radical (unpaired) electrons. The minimum absolute atomic E-state index is 0.0310. The van der Waals surface area contributed by atoms with Crippen molar-refractivity contribution in [3.05, 3.63) is 0 Å². The van der Waals surface area contributed by atoms with Gasteiger partial charge in [0, 0.05) is 0 Å². The predicted molar refractivity (Wildman–Crippen MR) is 49.6 cm³/mol. The molecule has 1 aliphatic heterocycles. The average Bonchev–Trinajstić information content (AvgIpc) is 2.97. The van der Waals surface area contributed by atoms with E-state index < -0.39 is 0 Å². The van der Waals surface area contributed by atoms with Crippen LogP contribution in [0.15, 0.2) is 0 Å². The van der Waals surface area contributed by atoms with E-state index in [4.69, 9.17) is 0 Å². The number of rotatable bonds is 2. The quantitative estimate of drug-likeness (QED) is 0.663.